The molecule has 0 bridgehead atoms. The van der Waals surface area contributed by atoms with E-state index in [1.807, 2.05) is 17.0 Å². The third kappa shape index (κ3) is 4.70. The molecule has 5 heteroatoms. The molecule has 0 aliphatic carbocycles. The molecule has 1 aliphatic rings. The predicted molar refractivity (Wildman–Crippen MR) is 87.6 cm³/mol. The highest BCUT2D eigenvalue weighted by Gasteiger charge is 2.17. The van der Waals surface area contributed by atoms with E-state index >= 15 is 0 Å². The lowest BCUT2D eigenvalue weighted by Gasteiger charge is -2.18. The van der Waals surface area contributed by atoms with Gasteiger partial charge in [0, 0.05) is 18.7 Å². The van der Waals surface area contributed by atoms with Crippen molar-refractivity contribution < 1.29 is 9.53 Å². The SMILES string of the molecule is CC(C)COc1cccc(C(=O)NC(=S)N2CCCC2)c1. The molecule has 4 nitrogen and oxygen atoms in total. The molecule has 0 radical (unpaired) electrons. The molecule has 0 saturated carbocycles. The molecule has 1 aromatic carbocycles. The quantitative estimate of drug-likeness (QED) is 0.869. The van der Waals surface area contributed by atoms with Gasteiger partial charge < -0.3 is 9.64 Å². The minimum atomic E-state index is -0.179. The molecule has 0 spiro atoms. The molecule has 2 rings (SSSR count). The second-order valence-electron chi connectivity index (χ2n) is 5.69. The first-order valence-electron chi connectivity index (χ1n) is 7.39. The van der Waals surface area contributed by atoms with Crippen molar-refractivity contribution in [2.75, 3.05) is 19.7 Å². The van der Waals surface area contributed by atoms with Gasteiger partial charge in [0.05, 0.1) is 6.61 Å². The largest absolute Gasteiger partial charge is 0.493 e. The van der Waals surface area contributed by atoms with Crippen LogP contribution in [-0.2, 0) is 0 Å². The molecule has 0 aromatic heterocycles. The maximum absolute atomic E-state index is 12.2. The van der Waals surface area contributed by atoms with E-state index in [1.165, 1.54) is 0 Å². The summed E-state index contributed by atoms with van der Waals surface area (Å²) in [4.78, 5) is 14.3. The summed E-state index contributed by atoms with van der Waals surface area (Å²) >= 11 is 5.27. The molecule has 1 N–H and O–H groups in total. The van der Waals surface area contributed by atoms with E-state index in [9.17, 15) is 4.79 Å². The first-order chi connectivity index (χ1) is 10.1. The lowest BCUT2D eigenvalue weighted by Crippen LogP contribution is -2.41. The Balaban J connectivity index is 1.95. The summed E-state index contributed by atoms with van der Waals surface area (Å²) < 4.78 is 5.64. The number of rotatable bonds is 4. The van der Waals surface area contributed by atoms with Gasteiger partial charge >= 0.3 is 0 Å². The number of benzene rings is 1. The third-order valence-electron chi connectivity index (χ3n) is 3.29. The zero-order valence-corrected chi connectivity index (χ0v) is 13.4. The standard InChI is InChI=1S/C16H22N2O2S/c1-12(2)11-20-14-7-5-6-13(10-14)15(19)17-16(21)18-8-3-4-9-18/h5-7,10,12H,3-4,8-9,11H2,1-2H3,(H,17,19,21). The van der Waals surface area contributed by atoms with Gasteiger partial charge in [0.15, 0.2) is 5.11 Å². The molecule has 1 heterocycles. The summed E-state index contributed by atoms with van der Waals surface area (Å²) in [5, 5.41) is 3.31. The van der Waals surface area contributed by atoms with Crippen LogP contribution < -0.4 is 10.1 Å². The molecular formula is C16H22N2O2S. The fourth-order valence-electron chi connectivity index (χ4n) is 2.16. The number of nitrogens with one attached hydrogen (secondary N) is 1. The molecule has 1 amide bonds. The predicted octanol–water partition coefficient (Wildman–Crippen LogP) is 2.83. The van der Waals surface area contributed by atoms with Crippen molar-refractivity contribution in [1.82, 2.24) is 10.2 Å². The van der Waals surface area contributed by atoms with Crippen LogP contribution >= 0.6 is 12.2 Å². The summed E-state index contributed by atoms with van der Waals surface area (Å²) in [5.41, 5.74) is 0.567. The van der Waals surface area contributed by atoms with Gasteiger partial charge in [-0.05, 0) is 49.2 Å². The van der Waals surface area contributed by atoms with E-state index in [2.05, 4.69) is 19.2 Å². The summed E-state index contributed by atoms with van der Waals surface area (Å²) in [7, 11) is 0. The van der Waals surface area contributed by atoms with E-state index in [0.717, 1.165) is 25.9 Å². The number of carbonyl (C=O) groups excluding carboxylic acids is 1. The van der Waals surface area contributed by atoms with E-state index in [-0.39, 0.29) is 5.91 Å². The van der Waals surface area contributed by atoms with Crippen LogP contribution in [0.25, 0.3) is 0 Å². The summed E-state index contributed by atoms with van der Waals surface area (Å²) in [6, 6.07) is 7.20. The first-order valence-corrected chi connectivity index (χ1v) is 7.80. The minimum absolute atomic E-state index is 0.179. The number of ether oxygens (including phenoxy) is 1. The van der Waals surface area contributed by atoms with Crippen molar-refractivity contribution in [3.8, 4) is 5.75 Å². The maximum Gasteiger partial charge on any atom is 0.257 e. The number of thiocarbonyl (C=S) groups is 1. The number of nitrogens with zero attached hydrogens (tertiary/aromatic N) is 1. The molecule has 1 aromatic rings. The molecule has 21 heavy (non-hydrogen) atoms. The van der Waals surface area contributed by atoms with Crippen LogP contribution in [-0.4, -0.2) is 35.6 Å². The number of hydrogen-bond donors (Lipinski definition) is 1. The molecule has 0 unspecified atom stereocenters. The van der Waals surface area contributed by atoms with Crippen molar-refractivity contribution in [1.29, 1.82) is 0 Å². The second kappa shape index (κ2) is 7.41. The van der Waals surface area contributed by atoms with Crippen LogP contribution in [0.3, 0.4) is 0 Å². The second-order valence-corrected chi connectivity index (χ2v) is 6.07. The van der Waals surface area contributed by atoms with Crippen molar-refractivity contribution >= 4 is 23.2 Å². The van der Waals surface area contributed by atoms with Gasteiger partial charge in [-0.2, -0.15) is 0 Å². The van der Waals surface area contributed by atoms with E-state index in [4.69, 9.17) is 17.0 Å². The first kappa shape index (κ1) is 15.8. The van der Waals surface area contributed by atoms with Crippen LogP contribution in [0.5, 0.6) is 5.75 Å². The molecular weight excluding hydrogens is 284 g/mol. The van der Waals surface area contributed by atoms with Crippen LogP contribution in [0.15, 0.2) is 24.3 Å². The molecule has 114 valence electrons. The zero-order chi connectivity index (χ0) is 15.2. The highest BCUT2D eigenvalue weighted by atomic mass is 32.1. The third-order valence-corrected chi connectivity index (χ3v) is 3.65. The van der Waals surface area contributed by atoms with E-state index in [1.54, 1.807) is 12.1 Å². The van der Waals surface area contributed by atoms with Crippen molar-refractivity contribution in [2.45, 2.75) is 26.7 Å². The average Bonchev–Trinajstić information content (AvgIpc) is 2.99. The van der Waals surface area contributed by atoms with Crippen LogP contribution in [0, 0.1) is 5.92 Å². The molecule has 1 fully saturated rings. The van der Waals surface area contributed by atoms with Gasteiger partial charge in [-0.15, -0.1) is 0 Å². The maximum atomic E-state index is 12.2. The lowest BCUT2D eigenvalue weighted by atomic mass is 10.2. The van der Waals surface area contributed by atoms with Crippen molar-refractivity contribution in [3.63, 3.8) is 0 Å². The number of carbonyl (C=O) groups is 1. The Bertz CT molecular complexity index is 511. The smallest absolute Gasteiger partial charge is 0.257 e. The van der Waals surface area contributed by atoms with Crippen LogP contribution in [0.4, 0.5) is 0 Å². The number of likely N-dealkylation sites (tertiary alicyclic amines) is 1. The topological polar surface area (TPSA) is 41.6 Å². The Hall–Kier alpha value is -1.62. The summed E-state index contributed by atoms with van der Waals surface area (Å²) in [5.74, 6) is 0.982. The lowest BCUT2D eigenvalue weighted by molar-refractivity contribution is 0.0973. The number of hydrogen-bond acceptors (Lipinski definition) is 3. The minimum Gasteiger partial charge on any atom is -0.493 e. The Morgan fingerprint density at radius 1 is 1.38 bits per heavy atom. The summed E-state index contributed by atoms with van der Waals surface area (Å²) in [6.45, 7) is 6.67. The molecule has 1 aliphatic heterocycles. The normalized spacial score (nSPS) is 14.3. The number of amides is 1. The zero-order valence-electron chi connectivity index (χ0n) is 12.6. The van der Waals surface area contributed by atoms with E-state index < -0.39 is 0 Å². The van der Waals surface area contributed by atoms with Gasteiger partial charge in [-0.25, -0.2) is 0 Å². The van der Waals surface area contributed by atoms with Crippen LogP contribution in [0.2, 0.25) is 0 Å². The van der Waals surface area contributed by atoms with Gasteiger partial charge in [-0.3, -0.25) is 10.1 Å². The highest BCUT2D eigenvalue weighted by Crippen LogP contribution is 2.15. The fourth-order valence-corrected chi connectivity index (χ4v) is 2.43. The van der Waals surface area contributed by atoms with Gasteiger partial charge in [0.2, 0.25) is 0 Å². The van der Waals surface area contributed by atoms with E-state index in [0.29, 0.717) is 29.0 Å². The average molecular weight is 306 g/mol. The van der Waals surface area contributed by atoms with Crippen LogP contribution in [0.1, 0.15) is 37.0 Å². The summed E-state index contributed by atoms with van der Waals surface area (Å²) in [6.07, 6.45) is 2.27. The van der Waals surface area contributed by atoms with Crippen molar-refractivity contribution in [2.24, 2.45) is 5.92 Å². The van der Waals surface area contributed by atoms with Crippen molar-refractivity contribution in [3.05, 3.63) is 29.8 Å². The Kier molecular flexibility index (Phi) is 5.56. The Morgan fingerprint density at radius 2 is 2.10 bits per heavy atom. The fraction of sp³-hybridized carbons (Fsp3) is 0.500. The van der Waals surface area contributed by atoms with Gasteiger partial charge in [0.25, 0.3) is 5.91 Å². The molecule has 1 saturated heterocycles. The van der Waals surface area contributed by atoms with Gasteiger partial charge in [0.1, 0.15) is 5.75 Å². The highest BCUT2D eigenvalue weighted by molar-refractivity contribution is 7.80. The molecule has 0 atom stereocenters. The van der Waals surface area contributed by atoms with Gasteiger partial charge in [-0.1, -0.05) is 19.9 Å². The Morgan fingerprint density at radius 3 is 2.76 bits per heavy atom. The Labute approximate surface area is 131 Å². The monoisotopic (exact) mass is 306 g/mol.